The van der Waals surface area contributed by atoms with Crippen molar-refractivity contribution < 1.29 is 37.0 Å². The lowest BCUT2D eigenvalue weighted by atomic mass is 10.0. The van der Waals surface area contributed by atoms with Crippen LogP contribution in [0.2, 0.25) is 0 Å². The number of non-ortho nitro benzene ring substituents is 1. The molecule has 1 fully saturated rings. The van der Waals surface area contributed by atoms with Crippen LogP contribution >= 0.6 is 11.8 Å². The fraction of sp³-hybridized carbons (Fsp3) is 0.261. The number of nitrogens with one attached hydrogen (secondary N) is 1. The molecule has 0 aliphatic carbocycles. The number of benzene rings is 2. The smallest absolute Gasteiger partial charge is 0.355 e. The standard InChI is InChI=1S/C23H21N3O9S2/c1-13-12-36-22-17(24-20(27)19(37(32,33)34)15-5-3-2-4-6-15)21(28)25(22)18(13)23(29)35-11-14-7-9-16(10-8-14)26(30)31/h2-10,17,19,22H,11-12H2,1H3,(H,24,27)(H,32,33,34)/t17?,19?,22-/m1/s1. The van der Waals surface area contributed by atoms with Gasteiger partial charge < -0.3 is 10.1 Å². The van der Waals surface area contributed by atoms with E-state index in [0.717, 1.165) is 0 Å². The number of carbonyl (C=O) groups excluding carboxylic acids is 3. The lowest BCUT2D eigenvalue weighted by Crippen LogP contribution is -2.71. The summed E-state index contributed by atoms with van der Waals surface area (Å²) in [4.78, 5) is 50.1. The Morgan fingerprint density at radius 1 is 1.22 bits per heavy atom. The molecule has 3 atom stereocenters. The normalized spacial score (nSPS) is 19.9. The molecule has 2 aliphatic heterocycles. The third-order valence-corrected chi connectivity index (χ3v) is 8.31. The number of rotatable bonds is 8. The molecule has 2 aliphatic rings. The number of nitro groups is 1. The van der Waals surface area contributed by atoms with Crippen LogP contribution in [0.4, 0.5) is 5.69 Å². The number of thioether (sulfide) groups is 1. The van der Waals surface area contributed by atoms with Crippen molar-refractivity contribution in [2.45, 2.75) is 30.2 Å². The fourth-order valence-corrected chi connectivity index (χ4v) is 6.14. The van der Waals surface area contributed by atoms with E-state index in [1.165, 1.54) is 65.2 Å². The molecule has 2 aromatic rings. The monoisotopic (exact) mass is 547 g/mol. The molecule has 2 aromatic carbocycles. The zero-order chi connectivity index (χ0) is 26.9. The Hall–Kier alpha value is -3.75. The van der Waals surface area contributed by atoms with Gasteiger partial charge in [-0.15, -0.1) is 11.8 Å². The van der Waals surface area contributed by atoms with E-state index in [1.54, 1.807) is 13.0 Å². The summed E-state index contributed by atoms with van der Waals surface area (Å²) in [6, 6.07) is 11.7. The molecule has 0 radical (unpaired) electrons. The predicted octanol–water partition coefficient (Wildman–Crippen LogP) is 1.94. The van der Waals surface area contributed by atoms with Gasteiger partial charge in [0.25, 0.3) is 21.7 Å². The number of carbonyl (C=O) groups is 3. The number of amides is 2. The summed E-state index contributed by atoms with van der Waals surface area (Å²) in [5, 5.41) is 10.6. The highest BCUT2D eigenvalue weighted by atomic mass is 32.2. The maximum absolute atomic E-state index is 13.0. The Bertz CT molecular complexity index is 1390. The first-order chi connectivity index (χ1) is 17.5. The van der Waals surface area contributed by atoms with E-state index in [0.29, 0.717) is 16.9 Å². The van der Waals surface area contributed by atoms with Gasteiger partial charge in [0.15, 0.2) is 5.25 Å². The summed E-state index contributed by atoms with van der Waals surface area (Å²) >= 11 is 1.28. The van der Waals surface area contributed by atoms with Gasteiger partial charge in [0, 0.05) is 17.9 Å². The van der Waals surface area contributed by atoms with Crippen LogP contribution in [0.1, 0.15) is 23.3 Å². The maximum atomic E-state index is 13.0. The minimum atomic E-state index is -4.83. The quantitative estimate of drug-likeness (QED) is 0.163. The van der Waals surface area contributed by atoms with Crippen LogP contribution in [0.5, 0.6) is 0 Å². The van der Waals surface area contributed by atoms with Crippen LogP contribution in [-0.2, 0) is 35.8 Å². The minimum Gasteiger partial charge on any atom is -0.456 e. The molecule has 37 heavy (non-hydrogen) atoms. The van der Waals surface area contributed by atoms with Crippen LogP contribution in [-0.4, -0.2) is 57.7 Å². The van der Waals surface area contributed by atoms with E-state index in [1.807, 2.05) is 0 Å². The average Bonchev–Trinajstić information content (AvgIpc) is 2.85. The van der Waals surface area contributed by atoms with Crippen LogP contribution < -0.4 is 5.32 Å². The van der Waals surface area contributed by atoms with Gasteiger partial charge in [-0.25, -0.2) is 4.79 Å². The van der Waals surface area contributed by atoms with Crippen LogP contribution in [0.3, 0.4) is 0 Å². The topological polar surface area (TPSA) is 173 Å². The number of nitro benzene ring substituents is 1. The lowest BCUT2D eigenvalue weighted by Gasteiger charge is -2.49. The Labute approximate surface area is 215 Å². The first-order valence-corrected chi connectivity index (χ1v) is 13.4. The van der Waals surface area contributed by atoms with Crippen molar-refractivity contribution in [1.29, 1.82) is 0 Å². The Kier molecular flexibility index (Phi) is 7.34. The van der Waals surface area contributed by atoms with Crippen molar-refractivity contribution in [3.63, 3.8) is 0 Å². The molecule has 1 saturated heterocycles. The van der Waals surface area contributed by atoms with Crippen molar-refractivity contribution in [1.82, 2.24) is 10.2 Å². The Morgan fingerprint density at radius 3 is 2.46 bits per heavy atom. The van der Waals surface area contributed by atoms with Crippen molar-refractivity contribution in [3.05, 3.63) is 87.1 Å². The third kappa shape index (κ3) is 5.35. The molecular weight excluding hydrogens is 526 g/mol. The average molecular weight is 548 g/mol. The highest BCUT2D eigenvalue weighted by Crippen LogP contribution is 2.41. The molecule has 0 aromatic heterocycles. The van der Waals surface area contributed by atoms with Gasteiger partial charge in [-0.2, -0.15) is 8.42 Å². The summed E-state index contributed by atoms with van der Waals surface area (Å²) in [7, 11) is -4.83. The molecule has 0 bridgehead atoms. The molecule has 2 heterocycles. The van der Waals surface area contributed by atoms with E-state index in [9.17, 15) is 37.5 Å². The first-order valence-electron chi connectivity index (χ1n) is 10.9. The predicted molar refractivity (Wildman–Crippen MR) is 131 cm³/mol. The summed E-state index contributed by atoms with van der Waals surface area (Å²) < 4.78 is 38.9. The molecule has 0 saturated carbocycles. The summed E-state index contributed by atoms with van der Waals surface area (Å²) in [5.74, 6) is -2.13. The summed E-state index contributed by atoms with van der Waals surface area (Å²) in [5.41, 5.74) is 1.04. The zero-order valence-corrected chi connectivity index (χ0v) is 20.9. The molecular formula is C23H21N3O9S2. The number of hydrogen-bond acceptors (Lipinski definition) is 9. The number of fused-ring (bicyclic) bond motifs is 1. The van der Waals surface area contributed by atoms with Crippen molar-refractivity contribution in [2.24, 2.45) is 0 Å². The highest BCUT2D eigenvalue weighted by Gasteiger charge is 2.54. The molecule has 2 amide bonds. The van der Waals surface area contributed by atoms with Crippen LogP contribution in [0, 0.1) is 10.1 Å². The number of esters is 1. The van der Waals surface area contributed by atoms with E-state index >= 15 is 0 Å². The van der Waals surface area contributed by atoms with Gasteiger partial charge in [0.1, 0.15) is 23.7 Å². The van der Waals surface area contributed by atoms with E-state index in [4.69, 9.17) is 4.74 Å². The van der Waals surface area contributed by atoms with Gasteiger partial charge in [-0.1, -0.05) is 30.3 Å². The second-order valence-corrected chi connectivity index (χ2v) is 10.9. The third-order valence-electron chi connectivity index (χ3n) is 5.81. The first kappa shape index (κ1) is 26.3. The number of ether oxygens (including phenoxy) is 1. The number of β-lactam (4-membered cyclic amide) rings is 1. The van der Waals surface area contributed by atoms with Crippen molar-refractivity contribution in [2.75, 3.05) is 5.75 Å². The van der Waals surface area contributed by atoms with E-state index < -0.39 is 49.5 Å². The van der Waals surface area contributed by atoms with Crippen LogP contribution in [0.25, 0.3) is 0 Å². The fourth-order valence-electron chi connectivity index (χ4n) is 4.01. The summed E-state index contributed by atoms with van der Waals surface area (Å²) in [6.07, 6.45) is 0. The van der Waals surface area contributed by atoms with E-state index in [-0.39, 0.29) is 23.6 Å². The van der Waals surface area contributed by atoms with E-state index in [2.05, 4.69) is 5.32 Å². The number of nitrogens with zero attached hydrogens (tertiary/aromatic N) is 2. The Morgan fingerprint density at radius 2 is 1.86 bits per heavy atom. The molecule has 2 N–H and O–H groups in total. The highest BCUT2D eigenvalue weighted by molar-refractivity contribution is 8.00. The maximum Gasteiger partial charge on any atom is 0.355 e. The minimum absolute atomic E-state index is 0.0237. The SMILES string of the molecule is CC1=C(C(=O)OCc2ccc([N+](=O)[O-])cc2)N2C(=O)C(NC(=O)C(c3ccccc3)S(=O)(=O)O)[C@H]2SC1. The Balaban J connectivity index is 1.45. The zero-order valence-electron chi connectivity index (χ0n) is 19.3. The number of hydrogen-bond donors (Lipinski definition) is 2. The van der Waals surface area contributed by atoms with Gasteiger partial charge in [-0.05, 0) is 35.8 Å². The molecule has 12 nitrogen and oxygen atoms in total. The van der Waals surface area contributed by atoms with Gasteiger partial charge in [-0.3, -0.25) is 29.2 Å². The lowest BCUT2D eigenvalue weighted by molar-refractivity contribution is -0.384. The molecule has 4 rings (SSSR count). The van der Waals surface area contributed by atoms with Crippen molar-refractivity contribution in [3.8, 4) is 0 Å². The van der Waals surface area contributed by atoms with Gasteiger partial charge in [0.05, 0.1) is 4.92 Å². The van der Waals surface area contributed by atoms with Crippen LogP contribution in [0.15, 0.2) is 65.9 Å². The van der Waals surface area contributed by atoms with Gasteiger partial charge in [0.2, 0.25) is 5.91 Å². The second kappa shape index (κ2) is 10.3. The largest absolute Gasteiger partial charge is 0.456 e. The molecule has 14 heteroatoms. The second-order valence-electron chi connectivity index (χ2n) is 8.33. The molecule has 194 valence electrons. The van der Waals surface area contributed by atoms with Crippen molar-refractivity contribution >= 4 is 45.4 Å². The van der Waals surface area contributed by atoms with Gasteiger partial charge >= 0.3 is 5.97 Å². The molecule has 0 spiro atoms. The summed E-state index contributed by atoms with van der Waals surface area (Å²) in [6.45, 7) is 1.48. The molecule has 2 unspecified atom stereocenters.